The lowest BCUT2D eigenvalue weighted by molar-refractivity contribution is -0.123. The van der Waals surface area contributed by atoms with Gasteiger partial charge in [-0.2, -0.15) is 0 Å². The molecule has 0 aliphatic carbocycles. The summed E-state index contributed by atoms with van der Waals surface area (Å²) in [7, 11) is 1.52. The largest absolute Gasteiger partial charge is 0.493 e. The average Bonchev–Trinajstić information content (AvgIpc) is 2.91. The summed E-state index contributed by atoms with van der Waals surface area (Å²) in [5.74, 6) is 1.36. The summed E-state index contributed by atoms with van der Waals surface area (Å²) in [4.78, 5) is 23.3. The van der Waals surface area contributed by atoms with E-state index in [4.69, 9.17) is 9.47 Å². The van der Waals surface area contributed by atoms with Crippen LogP contribution >= 0.6 is 11.8 Å². The first-order valence-electron chi connectivity index (χ1n) is 6.42. The third-order valence-electron chi connectivity index (χ3n) is 3.37. The van der Waals surface area contributed by atoms with Crippen LogP contribution in [0.5, 0.6) is 11.5 Å². The number of hydrogen-bond donors (Lipinski definition) is 1. The van der Waals surface area contributed by atoms with Crippen LogP contribution in [0.2, 0.25) is 0 Å². The van der Waals surface area contributed by atoms with Crippen molar-refractivity contribution in [3.63, 3.8) is 0 Å². The third kappa shape index (κ3) is 2.92. The number of ketones is 1. The fourth-order valence-electron chi connectivity index (χ4n) is 2.24. The van der Waals surface area contributed by atoms with Crippen molar-refractivity contribution in [2.75, 3.05) is 26.0 Å². The first-order chi connectivity index (χ1) is 10.0. The number of carbonyl (C=O) groups is 2. The van der Waals surface area contributed by atoms with Gasteiger partial charge in [0.25, 0.3) is 0 Å². The summed E-state index contributed by atoms with van der Waals surface area (Å²) in [5.41, 5.74) is 0. The second kappa shape index (κ2) is 6.26. The van der Waals surface area contributed by atoms with Crippen molar-refractivity contribution in [1.29, 1.82) is 0 Å². The Morgan fingerprint density at radius 1 is 1.38 bits per heavy atom. The second-order valence-corrected chi connectivity index (χ2v) is 5.94. The highest BCUT2D eigenvalue weighted by Crippen LogP contribution is 2.38. The van der Waals surface area contributed by atoms with Gasteiger partial charge in [-0.25, -0.2) is 4.79 Å². The minimum atomic E-state index is -1.19. The molecule has 1 heterocycles. The Morgan fingerprint density at radius 3 is 2.62 bits per heavy atom. The summed E-state index contributed by atoms with van der Waals surface area (Å²) >= 11 is 1.30. The summed E-state index contributed by atoms with van der Waals surface area (Å²) < 4.78 is 10.9. The molecule has 114 valence electrons. The molecule has 1 aliphatic heterocycles. The number of benzene rings is 1. The van der Waals surface area contributed by atoms with Crippen LogP contribution in [0.25, 0.3) is 0 Å². The van der Waals surface area contributed by atoms with E-state index in [-0.39, 0.29) is 12.4 Å². The van der Waals surface area contributed by atoms with Crippen LogP contribution in [-0.4, -0.2) is 52.8 Å². The summed E-state index contributed by atoms with van der Waals surface area (Å²) in [6.07, 6.45) is -1.11. The van der Waals surface area contributed by atoms with Crippen molar-refractivity contribution >= 4 is 23.6 Å². The zero-order chi connectivity index (χ0) is 15.5. The maximum atomic E-state index is 12.0. The second-order valence-electron chi connectivity index (χ2n) is 4.56. The number of ether oxygens (including phenoxy) is 2. The number of Topliss-reactive ketones (excluding diaryl/α,β-unsaturated/α-hetero) is 1. The highest BCUT2D eigenvalue weighted by atomic mass is 32.2. The Balaban J connectivity index is 2.21. The van der Waals surface area contributed by atoms with Gasteiger partial charge in [0, 0.05) is 12.3 Å². The Morgan fingerprint density at radius 2 is 2.05 bits per heavy atom. The summed E-state index contributed by atoms with van der Waals surface area (Å²) in [6.45, 7) is 1.66. The summed E-state index contributed by atoms with van der Waals surface area (Å²) in [6, 6.07) is 7.05. The molecule has 0 saturated carbocycles. The third-order valence-corrected chi connectivity index (χ3v) is 4.86. The molecule has 1 aromatic rings. The molecule has 1 fully saturated rings. The van der Waals surface area contributed by atoms with Crippen LogP contribution in [-0.2, 0) is 4.79 Å². The Hall–Kier alpha value is -1.89. The topological polar surface area (TPSA) is 76.1 Å². The molecule has 0 spiro atoms. The maximum absolute atomic E-state index is 12.0. The van der Waals surface area contributed by atoms with E-state index in [2.05, 4.69) is 0 Å². The molecule has 1 N–H and O–H groups in total. The number of methoxy groups -OCH3 is 1. The van der Waals surface area contributed by atoms with Crippen molar-refractivity contribution in [2.24, 2.45) is 0 Å². The number of thioether (sulfide) groups is 1. The number of carbonyl (C=O) groups excluding carboxylic acids is 1. The van der Waals surface area contributed by atoms with Gasteiger partial charge in [0.15, 0.2) is 22.2 Å². The number of carboxylic acid groups (broad SMARTS) is 1. The van der Waals surface area contributed by atoms with Crippen LogP contribution in [0.15, 0.2) is 24.3 Å². The zero-order valence-electron chi connectivity index (χ0n) is 11.9. The standard InChI is InChI=1S/C14H17NO5S/c1-10(16)14(15(13(17)18)7-8-21-14)9-20-12-6-4-3-5-11(12)19-2/h3-6H,7-9H2,1-2H3,(H,17,18). The van der Waals surface area contributed by atoms with Gasteiger partial charge in [0.05, 0.1) is 7.11 Å². The van der Waals surface area contributed by atoms with Gasteiger partial charge in [-0.15, -0.1) is 11.8 Å². The number of nitrogens with zero attached hydrogens (tertiary/aromatic N) is 1. The van der Waals surface area contributed by atoms with E-state index in [1.165, 1.54) is 25.8 Å². The summed E-state index contributed by atoms with van der Waals surface area (Å²) in [5, 5.41) is 9.28. The van der Waals surface area contributed by atoms with Gasteiger partial charge in [0.1, 0.15) is 6.61 Å². The zero-order valence-corrected chi connectivity index (χ0v) is 12.7. The van der Waals surface area contributed by atoms with Crippen LogP contribution in [0.1, 0.15) is 6.92 Å². The Bertz CT molecular complexity index is 550. The molecule has 2 rings (SSSR count). The van der Waals surface area contributed by atoms with Gasteiger partial charge in [-0.05, 0) is 19.1 Å². The molecule has 0 radical (unpaired) electrons. The van der Waals surface area contributed by atoms with Gasteiger partial charge < -0.3 is 14.6 Å². The Kier molecular flexibility index (Phi) is 4.62. The predicted molar refractivity (Wildman–Crippen MR) is 79.1 cm³/mol. The number of hydrogen-bond acceptors (Lipinski definition) is 5. The molecule has 1 unspecified atom stereocenters. The van der Waals surface area contributed by atoms with Crippen LogP contribution in [0.4, 0.5) is 4.79 Å². The average molecular weight is 311 g/mol. The van der Waals surface area contributed by atoms with Gasteiger partial charge in [-0.3, -0.25) is 9.69 Å². The minimum Gasteiger partial charge on any atom is -0.493 e. The Labute approximate surface area is 127 Å². The molecule has 6 nitrogen and oxygen atoms in total. The quantitative estimate of drug-likeness (QED) is 0.897. The number of rotatable bonds is 5. The molecule has 0 aromatic heterocycles. The molecule has 7 heteroatoms. The van der Waals surface area contributed by atoms with Crippen molar-refractivity contribution in [1.82, 2.24) is 4.90 Å². The van der Waals surface area contributed by atoms with Crippen molar-refractivity contribution in [3.8, 4) is 11.5 Å². The van der Waals surface area contributed by atoms with E-state index in [1.807, 2.05) is 0 Å². The lowest BCUT2D eigenvalue weighted by atomic mass is 10.2. The molecule has 1 amide bonds. The molecule has 0 bridgehead atoms. The lowest BCUT2D eigenvalue weighted by Crippen LogP contribution is -2.53. The van der Waals surface area contributed by atoms with Crippen LogP contribution in [0, 0.1) is 0 Å². The van der Waals surface area contributed by atoms with Crippen LogP contribution < -0.4 is 9.47 Å². The highest BCUT2D eigenvalue weighted by molar-refractivity contribution is 8.01. The molecular formula is C14H17NO5S. The smallest absolute Gasteiger partial charge is 0.408 e. The van der Waals surface area contributed by atoms with E-state index in [0.29, 0.717) is 23.8 Å². The predicted octanol–water partition coefficient (Wildman–Crippen LogP) is 2.09. The molecular weight excluding hydrogens is 294 g/mol. The normalized spacial score (nSPS) is 21.1. The molecule has 21 heavy (non-hydrogen) atoms. The molecule has 1 atom stereocenters. The van der Waals surface area contributed by atoms with Gasteiger partial charge in [-0.1, -0.05) is 12.1 Å². The van der Waals surface area contributed by atoms with Gasteiger partial charge >= 0.3 is 6.09 Å². The van der Waals surface area contributed by atoms with E-state index in [9.17, 15) is 14.7 Å². The fourth-order valence-corrected chi connectivity index (χ4v) is 3.52. The first-order valence-corrected chi connectivity index (χ1v) is 7.41. The molecule has 1 saturated heterocycles. The SMILES string of the molecule is COc1ccccc1OCC1(C(C)=O)SCCN1C(=O)O. The van der Waals surface area contributed by atoms with E-state index in [1.54, 1.807) is 24.3 Å². The van der Waals surface area contributed by atoms with E-state index in [0.717, 1.165) is 4.90 Å². The van der Waals surface area contributed by atoms with Crippen molar-refractivity contribution in [2.45, 2.75) is 11.8 Å². The number of para-hydroxylation sites is 2. The maximum Gasteiger partial charge on any atom is 0.408 e. The monoisotopic (exact) mass is 311 g/mol. The minimum absolute atomic E-state index is 0.0420. The van der Waals surface area contributed by atoms with E-state index < -0.39 is 11.0 Å². The molecule has 1 aliphatic rings. The fraction of sp³-hybridized carbons (Fsp3) is 0.429. The van der Waals surface area contributed by atoms with Crippen molar-refractivity contribution < 1.29 is 24.2 Å². The highest BCUT2D eigenvalue weighted by Gasteiger charge is 2.49. The van der Waals surface area contributed by atoms with E-state index >= 15 is 0 Å². The lowest BCUT2D eigenvalue weighted by Gasteiger charge is -2.33. The first kappa shape index (κ1) is 15.5. The number of amides is 1. The van der Waals surface area contributed by atoms with Crippen molar-refractivity contribution in [3.05, 3.63) is 24.3 Å². The van der Waals surface area contributed by atoms with Crippen LogP contribution in [0.3, 0.4) is 0 Å². The molecule has 1 aromatic carbocycles. The van der Waals surface area contributed by atoms with Gasteiger partial charge in [0.2, 0.25) is 0 Å².